The van der Waals surface area contributed by atoms with E-state index in [1.54, 1.807) is 24.3 Å². The van der Waals surface area contributed by atoms with Gasteiger partial charge in [0, 0.05) is 24.5 Å². The zero-order valence-corrected chi connectivity index (χ0v) is 10.6. The van der Waals surface area contributed by atoms with Gasteiger partial charge < -0.3 is 10.6 Å². The van der Waals surface area contributed by atoms with Gasteiger partial charge in [-0.15, -0.1) is 10.2 Å². The Morgan fingerprint density at radius 1 is 1.45 bits per heavy atom. The molecule has 2 rings (SSSR count). The number of benzene rings is 1. The number of anilines is 2. The molecule has 1 aromatic carbocycles. The van der Waals surface area contributed by atoms with Gasteiger partial charge in [-0.3, -0.25) is 4.79 Å². The Morgan fingerprint density at radius 2 is 2.25 bits per heavy atom. The predicted octanol–water partition coefficient (Wildman–Crippen LogP) is 1.13. The van der Waals surface area contributed by atoms with Crippen LogP contribution in [0, 0.1) is 11.3 Å². The van der Waals surface area contributed by atoms with Gasteiger partial charge in [0.15, 0.2) is 0 Å². The number of carbonyl (C=O) groups is 1. The first kappa shape index (κ1) is 13.2. The molecule has 8 heteroatoms. The van der Waals surface area contributed by atoms with Crippen LogP contribution in [0.4, 0.5) is 11.4 Å². The third kappa shape index (κ3) is 3.39. The summed E-state index contributed by atoms with van der Waals surface area (Å²) in [6.45, 7) is 1.43. The zero-order valence-electron chi connectivity index (χ0n) is 10.6. The summed E-state index contributed by atoms with van der Waals surface area (Å²) < 4.78 is 0. The van der Waals surface area contributed by atoms with Crippen molar-refractivity contribution in [1.29, 1.82) is 5.26 Å². The van der Waals surface area contributed by atoms with Gasteiger partial charge in [0.25, 0.3) is 0 Å². The second kappa shape index (κ2) is 6.10. The molecule has 20 heavy (non-hydrogen) atoms. The Bertz CT molecular complexity index is 669. The Kier molecular flexibility index (Phi) is 4.04. The van der Waals surface area contributed by atoms with Gasteiger partial charge in [-0.25, -0.2) is 0 Å². The second-order valence-electron chi connectivity index (χ2n) is 3.81. The van der Waals surface area contributed by atoms with Crippen molar-refractivity contribution in [2.75, 3.05) is 10.6 Å². The van der Waals surface area contributed by atoms with E-state index in [4.69, 9.17) is 5.26 Å². The van der Waals surface area contributed by atoms with Crippen molar-refractivity contribution in [3.8, 4) is 6.07 Å². The van der Waals surface area contributed by atoms with Crippen LogP contribution in [0.25, 0.3) is 5.57 Å². The van der Waals surface area contributed by atoms with E-state index in [-0.39, 0.29) is 17.3 Å². The van der Waals surface area contributed by atoms with Gasteiger partial charge in [-0.1, -0.05) is 6.07 Å². The topological polar surface area (TPSA) is 119 Å². The fourth-order valence-corrected chi connectivity index (χ4v) is 1.47. The number of hydrogen-bond acceptors (Lipinski definition) is 6. The molecule has 100 valence electrons. The van der Waals surface area contributed by atoms with Crippen molar-refractivity contribution in [2.24, 2.45) is 0 Å². The number of H-pyrrole nitrogens is 1. The predicted molar refractivity (Wildman–Crippen MR) is 72.1 cm³/mol. The number of rotatable bonds is 4. The SMILES string of the molecule is CC(=O)Nc1cccc(NC=C(C#N)c2nn[nH]n2)c1. The highest BCUT2D eigenvalue weighted by atomic mass is 16.1. The van der Waals surface area contributed by atoms with Gasteiger partial charge in [0.2, 0.25) is 11.7 Å². The highest BCUT2D eigenvalue weighted by Crippen LogP contribution is 2.16. The van der Waals surface area contributed by atoms with E-state index in [1.165, 1.54) is 13.1 Å². The molecule has 1 aromatic heterocycles. The highest BCUT2D eigenvalue weighted by Gasteiger charge is 2.05. The van der Waals surface area contributed by atoms with Crippen molar-refractivity contribution in [2.45, 2.75) is 6.92 Å². The number of aromatic amines is 1. The highest BCUT2D eigenvalue weighted by molar-refractivity contribution is 5.89. The van der Waals surface area contributed by atoms with E-state index >= 15 is 0 Å². The van der Waals surface area contributed by atoms with Crippen LogP contribution >= 0.6 is 0 Å². The van der Waals surface area contributed by atoms with Crippen molar-refractivity contribution in [3.05, 3.63) is 36.3 Å². The van der Waals surface area contributed by atoms with E-state index in [1.807, 2.05) is 6.07 Å². The molecule has 1 heterocycles. The van der Waals surface area contributed by atoms with E-state index in [0.29, 0.717) is 11.4 Å². The first-order chi connectivity index (χ1) is 9.69. The summed E-state index contributed by atoms with van der Waals surface area (Å²) in [5, 5.41) is 27.7. The van der Waals surface area contributed by atoms with Gasteiger partial charge in [0.1, 0.15) is 11.6 Å². The molecule has 0 aliphatic rings. The first-order valence-electron chi connectivity index (χ1n) is 5.67. The van der Waals surface area contributed by atoms with Crippen LogP contribution in [0.5, 0.6) is 0 Å². The Hall–Kier alpha value is -3.21. The van der Waals surface area contributed by atoms with Gasteiger partial charge in [-0.2, -0.15) is 10.5 Å². The van der Waals surface area contributed by atoms with Crippen LogP contribution in [0.1, 0.15) is 12.7 Å². The monoisotopic (exact) mass is 269 g/mol. The molecule has 1 amide bonds. The lowest BCUT2D eigenvalue weighted by molar-refractivity contribution is -0.114. The van der Waals surface area contributed by atoms with E-state index < -0.39 is 0 Å². The van der Waals surface area contributed by atoms with Crippen molar-refractivity contribution >= 4 is 22.9 Å². The quantitative estimate of drug-likeness (QED) is 0.716. The molecule has 8 nitrogen and oxygen atoms in total. The molecular weight excluding hydrogens is 258 g/mol. The summed E-state index contributed by atoms with van der Waals surface area (Å²) in [5.41, 5.74) is 1.62. The molecule has 0 fully saturated rings. The summed E-state index contributed by atoms with van der Waals surface area (Å²) >= 11 is 0. The lowest BCUT2D eigenvalue weighted by Gasteiger charge is -2.05. The third-order valence-electron chi connectivity index (χ3n) is 2.27. The zero-order chi connectivity index (χ0) is 14.4. The number of nitrogens with one attached hydrogen (secondary N) is 3. The van der Waals surface area contributed by atoms with E-state index in [9.17, 15) is 4.79 Å². The van der Waals surface area contributed by atoms with Crippen molar-refractivity contribution in [3.63, 3.8) is 0 Å². The van der Waals surface area contributed by atoms with Gasteiger partial charge in [0.05, 0.1) is 0 Å². The number of aromatic nitrogens is 4. The van der Waals surface area contributed by atoms with Crippen molar-refractivity contribution < 1.29 is 4.79 Å². The largest absolute Gasteiger partial charge is 0.360 e. The molecule has 2 aromatic rings. The Labute approximate surface area is 114 Å². The minimum atomic E-state index is -0.151. The second-order valence-corrected chi connectivity index (χ2v) is 3.81. The molecule has 0 spiro atoms. The first-order valence-corrected chi connectivity index (χ1v) is 5.67. The molecule has 0 saturated heterocycles. The number of allylic oxidation sites excluding steroid dienone is 1. The molecule has 0 aliphatic heterocycles. The molecule has 0 bridgehead atoms. The maximum Gasteiger partial charge on any atom is 0.221 e. The van der Waals surface area contributed by atoms with Crippen molar-refractivity contribution in [1.82, 2.24) is 20.6 Å². The number of amides is 1. The van der Waals surface area contributed by atoms with Crippen LogP contribution in [0.2, 0.25) is 0 Å². The fraction of sp³-hybridized carbons (Fsp3) is 0.0833. The van der Waals surface area contributed by atoms with Crippen LogP contribution < -0.4 is 10.6 Å². The number of tetrazole rings is 1. The Morgan fingerprint density at radius 3 is 2.90 bits per heavy atom. The summed E-state index contributed by atoms with van der Waals surface area (Å²) in [4.78, 5) is 11.0. The molecular formula is C12H11N7O. The molecule has 0 aliphatic carbocycles. The molecule has 0 saturated carbocycles. The summed E-state index contributed by atoms with van der Waals surface area (Å²) in [5.74, 6) is 0.0558. The number of nitriles is 1. The normalized spacial score (nSPS) is 10.7. The standard InChI is InChI=1S/C12H11N7O/c1-8(20)15-11-4-2-3-10(5-11)14-7-9(6-13)12-16-18-19-17-12/h2-5,7,14H,1H3,(H,15,20)(H,16,17,18,19). The number of carbonyl (C=O) groups excluding carboxylic acids is 1. The minimum absolute atomic E-state index is 0.151. The lowest BCUT2D eigenvalue weighted by atomic mass is 10.2. The molecule has 0 unspecified atom stereocenters. The minimum Gasteiger partial charge on any atom is -0.360 e. The molecule has 3 N–H and O–H groups in total. The van der Waals surface area contributed by atoms with E-state index in [2.05, 4.69) is 31.3 Å². The maximum absolute atomic E-state index is 11.0. The van der Waals surface area contributed by atoms with Gasteiger partial charge in [-0.05, 0) is 23.4 Å². The van der Waals surface area contributed by atoms with Crippen LogP contribution in [0.15, 0.2) is 30.5 Å². The van der Waals surface area contributed by atoms with Gasteiger partial charge >= 0.3 is 0 Å². The van der Waals surface area contributed by atoms with Crippen LogP contribution in [-0.4, -0.2) is 26.5 Å². The summed E-state index contributed by atoms with van der Waals surface area (Å²) in [6.07, 6.45) is 1.47. The summed E-state index contributed by atoms with van der Waals surface area (Å²) in [7, 11) is 0. The van der Waals surface area contributed by atoms with Crippen LogP contribution in [0.3, 0.4) is 0 Å². The average molecular weight is 269 g/mol. The third-order valence-corrected chi connectivity index (χ3v) is 2.27. The van der Waals surface area contributed by atoms with Crippen LogP contribution in [-0.2, 0) is 4.79 Å². The summed E-state index contributed by atoms with van der Waals surface area (Å²) in [6, 6.07) is 9.05. The molecule has 0 radical (unpaired) electrons. The van der Waals surface area contributed by atoms with E-state index in [0.717, 1.165) is 0 Å². The maximum atomic E-state index is 11.0. The number of nitrogens with zero attached hydrogens (tertiary/aromatic N) is 4. The Balaban J connectivity index is 2.14. The molecule has 0 atom stereocenters. The lowest BCUT2D eigenvalue weighted by Crippen LogP contribution is -2.05. The smallest absolute Gasteiger partial charge is 0.221 e. The number of hydrogen-bond donors (Lipinski definition) is 3. The fourth-order valence-electron chi connectivity index (χ4n) is 1.47. The average Bonchev–Trinajstić information content (AvgIpc) is 2.93.